The van der Waals surface area contributed by atoms with Crippen LogP contribution in [0.25, 0.3) is 0 Å². The van der Waals surface area contributed by atoms with Crippen molar-refractivity contribution in [2.24, 2.45) is 0 Å². The Morgan fingerprint density at radius 2 is 2.05 bits per heavy atom. The van der Waals surface area contributed by atoms with Crippen molar-refractivity contribution >= 4 is 30.0 Å². The predicted octanol–water partition coefficient (Wildman–Crippen LogP) is 3.34. The van der Waals surface area contributed by atoms with E-state index in [1.165, 1.54) is 7.11 Å². The topological polar surface area (TPSA) is 47.6 Å². The highest BCUT2D eigenvalue weighted by molar-refractivity contribution is 6.32. The molecule has 22 heavy (non-hydrogen) atoms. The lowest BCUT2D eigenvalue weighted by atomic mass is 9.87. The number of methoxy groups -OCH3 is 1. The van der Waals surface area contributed by atoms with Gasteiger partial charge in [-0.1, -0.05) is 38.4 Å². The fourth-order valence-corrected chi connectivity index (χ4v) is 2.58. The molecule has 0 saturated carbocycles. The summed E-state index contributed by atoms with van der Waals surface area (Å²) in [6, 6.07) is 5.57. The average molecular weight is 348 g/mol. The van der Waals surface area contributed by atoms with Crippen molar-refractivity contribution in [3.8, 4) is 5.75 Å². The zero-order valence-corrected chi connectivity index (χ0v) is 14.9. The summed E-state index contributed by atoms with van der Waals surface area (Å²) in [5, 5.41) is 3.69. The quantitative estimate of drug-likeness (QED) is 0.851. The first-order valence-electron chi connectivity index (χ1n) is 7.09. The largest absolute Gasteiger partial charge is 0.487 e. The lowest BCUT2D eigenvalue weighted by molar-refractivity contribution is -0.142. The predicted molar refractivity (Wildman–Crippen MR) is 90.2 cm³/mol. The summed E-state index contributed by atoms with van der Waals surface area (Å²) in [6.45, 7) is 7.03. The molecule has 1 saturated heterocycles. The summed E-state index contributed by atoms with van der Waals surface area (Å²) in [7, 11) is 1.39. The van der Waals surface area contributed by atoms with Crippen LogP contribution < -0.4 is 10.1 Å². The van der Waals surface area contributed by atoms with Crippen molar-refractivity contribution in [3.63, 3.8) is 0 Å². The minimum Gasteiger partial charge on any atom is -0.487 e. The third-order valence-electron chi connectivity index (χ3n) is 3.67. The van der Waals surface area contributed by atoms with E-state index in [0.29, 0.717) is 23.7 Å². The van der Waals surface area contributed by atoms with Crippen LogP contribution in [0.5, 0.6) is 5.75 Å². The van der Waals surface area contributed by atoms with Crippen molar-refractivity contribution in [2.75, 3.05) is 13.7 Å². The van der Waals surface area contributed by atoms with Gasteiger partial charge >= 0.3 is 5.97 Å². The van der Waals surface area contributed by atoms with Gasteiger partial charge in [0.2, 0.25) is 0 Å². The first-order valence-corrected chi connectivity index (χ1v) is 7.47. The molecule has 1 aromatic carbocycles. The van der Waals surface area contributed by atoms with E-state index in [2.05, 4.69) is 26.1 Å². The van der Waals surface area contributed by atoms with Gasteiger partial charge in [0.1, 0.15) is 17.9 Å². The van der Waals surface area contributed by atoms with E-state index >= 15 is 0 Å². The summed E-state index contributed by atoms with van der Waals surface area (Å²) < 4.78 is 10.6. The molecule has 0 aromatic heterocycles. The first kappa shape index (κ1) is 19.1. The fraction of sp³-hybridized carbons (Fsp3) is 0.562. The number of carbonyl (C=O) groups is 1. The Morgan fingerprint density at radius 1 is 1.36 bits per heavy atom. The van der Waals surface area contributed by atoms with Gasteiger partial charge in [0.15, 0.2) is 0 Å². The zero-order valence-electron chi connectivity index (χ0n) is 13.3. The fourth-order valence-electron chi connectivity index (χ4n) is 2.36. The van der Waals surface area contributed by atoms with E-state index in [9.17, 15) is 4.79 Å². The second-order valence-electron chi connectivity index (χ2n) is 6.35. The van der Waals surface area contributed by atoms with Gasteiger partial charge in [0.05, 0.1) is 12.1 Å². The van der Waals surface area contributed by atoms with Crippen molar-refractivity contribution in [2.45, 2.75) is 44.8 Å². The molecule has 1 aliphatic rings. The van der Waals surface area contributed by atoms with Crippen molar-refractivity contribution < 1.29 is 14.3 Å². The summed E-state index contributed by atoms with van der Waals surface area (Å²) in [6.07, 6.45) is 0.511. The molecule has 0 spiro atoms. The highest BCUT2D eigenvalue weighted by Gasteiger charge is 2.31. The van der Waals surface area contributed by atoms with Gasteiger partial charge in [0.25, 0.3) is 0 Å². The molecule has 0 radical (unpaired) electrons. The Morgan fingerprint density at radius 3 is 2.59 bits per heavy atom. The lowest BCUT2D eigenvalue weighted by Gasteiger charge is -2.21. The smallest absolute Gasteiger partial charge is 0.323 e. The van der Waals surface area contributed by atoms with E-state index < -0.39 is 0 Å². The van der Waals surface area contributed by atoms with Crippen LogP contribution in [0.3, 0.4) is 0 Å². The number of hydrogen-bond donors (Lipinski definition) is 1. The monoisotopic (exact) mass is 347 g/mol. The molecular weight excluding hydrogens is 325 g/mol. The molecule has 2 atom stereocenters. The standard InChI is InChI=1S/C16H22ClNO3.ClH/c1-16(2,3)10-5-6-14(12(17)7-10)21-11-8-13(18-9-11)15(19)20-4;/h5-7,11,13,18H,8-9H2,1-4H3;1H/t11-,13-;/m0./s1. The van der Waals surface area contributed by atoms with Crippen molar-refractivity contribution in [1.29, 1.82) is 0 Å². The van der Waals surface area contributed by atoms with Gasteiger partial charge in [-0.2, -0.15) is 0 Å². The maximum absolute atomic E-state index is 11.5. The minimum absolute atomic E-state index is 0. The molecule has 6 heteroatoms. The summed E-state index contributed by atoms with van der Waals surface area (Å²) >= 11 is 6.30. The Balaban J connectivity index is 0.00000242. The molecule has 1 heterocycles. The van der Waals surface area contributed by atoms with E-state index in [0.717, 1.165) is 5.56 Å². The molecule has 124 valence electrons. The maximum atomic E-state index is 11.5. The molecule has 1 aliphatic heterocycles. The van der Waals surface area contributed by atoms with Crippen LogP contribution in [0.4, 0.5) is 0 Å². The van der Waals surface area contributed by atoms with Crippen LogP contribution in [0.2, 0.25) is 5.02 Å². The van der Waals surface area contributed by atoms with Gasteiger partial charge < -0.3 is 14.8 Å². The summed E-state index contributed by atoms with van der Waals surface area (Å²) in [5.74, 6) is 0.400. The molecule has 1 N–H and O–H groups in total. The van der Waals surface area contributed by atoms with Crippen LogP contribution in [0, 0.1) is 0 Å². The number of esters is 1. The van der Waals surface area contributed by atoms with Crippen LogP contribution in [-0.2, 0) is 14.9 Å². The average Bonchev–Trinajstić information content (AvgIpc) is 2.87. The Hall–Kier alpha value is -0.970. The molecule has 4 nitrogen and oxygen atoms in total. The number of benzene rings is 1. The molecule has 0 aliphatic carbocycles. The van der Waals surface area contributed by atoms with Gasteiger partial charge in [-0.15, -0.1) is 12.4 Å². The number of halogens is 2. The van der Waals surface area contributed by atoms with E-state index in [-0.39, 0.29) is 35.9 Å². The summed E-state index contributed by atoms with van der Waals surface area (Å²) in [5.41, 5.74) is 1.21. The highest BCUT2D eigenvalue weighted by Crippen LogP contribution is 2.32. The number of ether oxygens (including phenoxy) is 2. The number of rotatable bonds is 3. The van der Waals surface area contributed by atoms with E-state index in [1.807, 2.05) is 18.2 Å². The van der Waals surface area contributed by atoms with Gasteiger partial charge in [-0.05, 0) is 23.1 Å². The normalized spacial score (nSPS) is 21.1. The zero-order chi connectivity index (χ0) is 15.6. The van der Waals surface area contributed by atoms with Crippen LogP contribution >= 0.6 is 24.0 Å². The molecule has 0 amide bonds. The third-order valence-corrected chi connectivity index (χ3v) is 3.96. The van der Waals surface area contributed by atoms with Crippen molar-refractivity contribution in [3.05, 3.63) is 28.8 Å². The van der Waals surface area contributed by atoms with Crippen molar-refractivity contribution in [1.82, 2.24) is 5.32 Å². The van der Waals surface area contributed by atoms with E-state index in [1.54, 1.807) is 0 Å². The van der Waals surface area contributed by atoms with Gasteiger partial charge in [-0.25, -0.2) is 0 Å². The second-order valence-corrected chi connectivity index (χ2v) is 6.76. The van der Waals surface area contributed by atoms with Gasteiger partial charge in [-0.3, -0.25) is 4.79 Å². The minimum atomic E-state index is -0.298. The first-order chi connectivity index (χ1) is 9.81. The Labute approximate surface area is 142 Å². The Bertz CT molecular complexity index is 529. The van der Waals surface area contributed by atoms with E-state index in [4.69, 9.17) is 21.1 Å². The number of carbonyl (C=O) groups excluding carboxylic acids is 1. The second kappa shape index (κ2) is 7.53. The van der Waals surface area contributed by atoms with Crippen LogP contribution in [0.15, 0.2) is 18.2 Å². The molecule has 2 rings (SSSR count). The maximum Gasteiger partial charge on any atom is 0.323 e. The SMILES string of the molecule is COC(=O)[C@@H]1C[C@H](Oc2ccc(C(C)(C)C)cc2Cl)CN1.Cl. The van der Waals surface area contributed by atoms with Gasteiger partial charge in [0, 0.05) is 13.0 Å². The van der Waals surface area contributed by atoms with Crippen LogP contribution in [-0.4, -0.2) is 31.8 Å². The highest BCUT2D eigenvalue weighted by atomic mass is 35.5. The van der Waals surface area contributed by atoms with Crippen LogP contribution in [0.1, 0.15) is 32.8 Å². The molecular formula is C16H23Cl2NO3. The summed E-state index contributed by atoms with van der Waals surface area (Å²) in [4.78, 5) is 11.5. The third kappa shape index (κ3) is 4.51. The number of nitrogens with one attached hydrogen (secondary N) is 1. The number of hydrogen-bond acceptors (Lipinski definition) is 4. The molecule has 0 bridgehead atoms. The molecule has 0 unspecified atom stereocenters. The lowest BCUT2D eigenvalue weighted by Crippen LogP contribution is -2.31. The molecule has 1 aromatic rings. The Kier molecular flexibility index (Phi) is 6.53. The molecule has 1 fully saturated rings.